The van der Waals surface area contributed by atoms with Crippen LogP contribution in [0.5, 0.6) is 0 Å². The summed E-state index contributed by atoms with van der Waals surface area (Å²) in [5, 5.41) is 7.11. The maximum absolute atomic E-state index is 12.0. The summed E-state index contributed by atoms with van der Waals surface area (Å²) >= 11 is 0. The van der Waals surface area contributed by atoms with E-state index in [-0.39, 0.29) is 12.5 Å². The van der Waals surface area contributed by atoms with E-state index in [2.05, 4.69) is 38.4 Å². The summed E-state index contributed by atoms with van der Waals surface area (Å²) in [5.74, 6) is -0.0489. The molecule has 0 atom stereocenters. The summed E-state index contributed by atoms with van der Waals surface area (Å²) in [4.78, 5) is 14.4. The van der Waals surface area contributed by atoms with Crippen LogP contribution in [0.25, 0.3) is 10.9 Å². The average Bonchev–Trinajstić information content (AvgIpc) is 3.07. The van der Waals surface area contributed by atoms with Crippen LogP contribution in [0.2, 0.25) is 0 Å². The molecule has 0 aliphatic carbocycles. The van der Waals surface area contributed by atoms with Crippen molar-refractivity contribution in [1.29, 1.82) is 0 Å². The van der Waals surface area contributed by atoms with Crippen molar-refractivity contribution in [2.24, 2.45) is 0 Å². The smallest absolute Gasteiger partial charge is 0.238 e. The summed E-state index contributed by atoms with van der Waals surface area (Å²) in [5.41, 5.74) is 2.01. The van der Waals surface area contributed by atoms with Crippen molar-refractivity contribution in [1.82, 2.24) is 14.8 Å². The van der Waals surface area contributed by atoms with E-state index in [0.29, 0.717) is 13.2 Å². The molecule has 142 valence electrons. The molecule has 1 aliphatic heterocycles. The third kappa shape index (κ3) is 5.28. The maximum atomic E-state index is 12.0. The maximum Gasteiger partial charge on any atom is 0.238 e. The second kappa shape index (κ2) is 9.68. The Kier molecular flexibility index (Phi) is 7.02. The quantitative estimate of drug-likeness (QED) is 0.657. The van der Waals surface area contributed by atoms with Gasteiger partial charge in [-0.1, -0.05) is 0 Å². The lowest BCUT2D eigenvalue weighted by Crippen LogP contribution is -2.38. The predicted octanol–water partition coefficient (Wildman–Crippen LogP) is 1.15. The Hall–Kier alpha value is -1.93. The zero-order valence-electron chi connectivity index (χ0n) is 15.4. The Morgan fingerprint density at radius 3 is 2.88 bits per heavy atom. The van der Waals surface area contributed by atoms with E-state index in [9.17, 15) is 4.79 Å². The molecule has 2 aromatic rings. The van der Waals surface area contributed by atoms with Crippen molar-refractivity contribution in [2.75, 3.05) is 65.0 Å². The molecule has 1 saturated heterocycles. The molecule has 0 radical (unpaired) electrons. The van der Waals surface area contributed by atoms with E-state index in [1.807, 2.05) is 12.1 Å². The second-order valence-electron chi connectivity index (χ2n) is 6.45. The van der Waals surface area contributed by atoms with Crippen LogP contribution in [0.3, 0.4) is 0 Å². The molecule has 1 fully saturated rings. The molecule has 0 bridgehead atoms. The first-order valence-electron chi connectivity index (χ1n) is 9.15. The highest BCUT2D eigenvalue weighted by Crippen LogP contribution is 2.20. The van der Waals surface area contributed by atoms with Crippen molar-refractivity contribution >= 4 is 22.5 Å². The molecule has 0 unspecified atom stereocenters. The van der Waals surface area contributed by atoms with Crippen LogP contribution in [0.1, 0.15) is 0 Å². The highest BCUT2D eigenvalue weighted by molar-refractivity contribution is 5.95. The number of carbonyl (C=O) groups excluding carboxylic acids is 1. The molecule has 0 saturated carbocycles. The number of nitrogens with one attached hydrogen (secondary N) is 2. The molecule has 1 aromatic carbocycles. The fraction of sp³-hybridized carbons (Fsp3) is 0.526. The normalized spacial score (nSPS) is 15.4. The van der Waals surface area contributed by atoms with Crippen LogP contribution in [0, 0.1) is 0 Å². The van der Waals surface area contributed by atoms with Crippen molar-refractivity contribution in [3.63, 3.8) is 0 Å². The van der Waals surface area contributed by atoms with Gasteiger partial charge in [-0.2, -0.15) is 0 Å². The Labute approximate surface area is 154 Å². The molecular weight excluding hydrogens is 332 g/mol. The van der Waals surface area contributed by atoms with Gasteiger partial charge in [-0.3, -0.25) is 9.69 Å². The number of methoxy groups -OCH3 is 1. The summed E-state index contributed by atoms with van der Waals surface area (Å²) < 4.78 is 12.6. The Balaban J connectivity index is 1.53. The average molecular weight is 360 g/mol. The van der Waals surface area contributed by atoms with Crippen LogP contribution in [-0.2, 0) is 20.8 Å². The van der Waals surface area contributed by atoms with Gasteiger partial charge in [0, 0.05) is 62.6 Å². The van der Waals surface area contributed by atoms with Crippen molar-refractivity contribution in [2.45, 2.75) is 6.54 Å². The molecule has 2 heterocycles. The summed E-state index contributed by atoms with van der Waals surface area (Å²) in [6.45, 7) is 7.19. The lowest BCUT2D eigenvalue weighted by atomic mass is 10.2. The predicted molar refractivity (Wildman–Crippen MR) is 103 cm³/mol. The van der Waals surface area contributed by atoms with Crippen molar-refractivity contribution < 1.29 is 14.3 Å². The number of morpholine rings is 1. The number of amides is 1. The minimum absolute atomic E-state index is 0.0489. The van der Waals surface area contributed by atoms with Crippen LogP contribution in [0.4, 0.5) is 5.69 Å². The van der Waals surface area contributed by atoms with Crippen LogP contribution in [-0.4, -0.2) is 75.0 Å². The van der Waals surface area contributed by atoms with Crippen LogP contribution >= 0.6 is 0 Å². The largest absolute Gasteiger partial charge is 0.383 e. The van der Waals surface area contributed by atoms with Gasteiger partial charge >= 0.3 is 0 Å². The molecule has 7 nitrogen and oxygen atoms in total. The van der Waals surface area contributed by atoms with Gasteiger partial charge in [0.05, 0.1) is 26.4 Å². The van der Waals surface area contributed by atoms with E-state index in [1.165, 1.54) is 5.52 Å². The van der Waals surface area contributed by atoms with E-state index in [1.54, 1.807) is 7.11 Å². The molecule has 1 aromatic heterocycles. The first kappa shape index (κ1) is 18.8. The molecule has 1 aliphatic rings. The first-order valence-corrected chi connectivity index (χ1v) is 9.15. The number of anilines is 1. The summed E-state index contributed by atoms with van der Waals surface area (Å²) in [7, 11) is 1.64. The lowest BCUT2D eigenvalue weighted by Gasteiger charge is -2.26. The highest BCUT2D eigenvalue weighted by Gasteiger charge is 2.11. The van der Waals surface area contributed by atoms with E-state index >= 15 is 0 Å². The van der Waals surface area contributed by atoms with Gasteiger partial charge in [0.1, 0.15) is 0 Å². The molecule has 1 amide bonds. The van der Waals surface area contributed by atoms with Gasteiger partial charge in [0.25, 0.3) is 0 Å². The zero-order valence-corrected chi connectivity index (χ0v) is 15.4. The number of fused-ring (bicyclic) bond motifs is 1. The molecule has 0 spiro atoms. The minimum Gasteiger partial charge on any atom is -0.383 e. The molecule has 2 N–H and O–H groups in total. The minimum atomic E-state index is -0.0489. The van der Waals surface area contributed by atoms with Crippen molar-refractivity contribution in [3.8, 4) is 0 Å². The van der Waals surface area contributed by atoms with Crippen LogP contribution < -0.4 is 10.6 Å². The Bertz CT molecular complexity index is 710. The topological polar surface area (TPSA) is 67.8 Å². The van der Waals surface area contributed by atoms with E-state index < -0.39 is 0 Å². The Morgan fingerprint density at radius 2 is 2.08 bits per heavy atom. The number of ether oxygens (including phenoxy) is 2. The number of rotatable bonds is 9. The molecule has 7 heteroatoms. The standard InChI is InChI=1S/C19H28N4O3/c1-25-11-5-20-15-19(24)21-17-2-3-18-16(14-17)4-6-23(18)8-7-22-9-12-26-13-10-22/h2-4,6,14,20H,5,7-13,15H2,1H3,(H,21,24). The van der Waals surface area contributed by atoms with Gasteiger partial charge in [0.15, 0.2) is 0 Å². The highest BCUT2D eigenvalue weighted by atomic mass is 16.5. The number of nitrogens with zero attached hydrogens (tertiary/aromatic N) is 2. The SMILES string of the molecule is COCCNCC(=O)Nc1ccc2c(ccn2CCN2CCOCC2)c1. The third-order valence-electron chi connectivity index (χ3n) is 4.58. The third-order valence-corrected chi connectivity index (χ3v) is 4.58. The van der Waals surface area contributed by atoms with E-state index in [0.717, 1.165) is 50.5 Å². The van der Waals surface area contributed by atoms with Gasteiger partial charge in [-0.05, 0) is 24.3 Å². The number of hydrogen-bond donors (Lipinski definition) is 2. The second-order valence-corrected chi connectivity index (χ2v) is 6.45. The molecule has 26 heavy (non-hydrogen) atoms. The number of carbonyl (C=O) groups is 1. The van der Waals surface area contributed by atoms with Gasteiger partial charge in [-0.25, -0.2) is 0 Å². The fourth-order valence-corrected chi connectivity index (χ4v) is 3.13. The van der Waals surface area contributed by atoms with Crippen LogP contribution in [0.15, 0.2) is 30.5 Å². The van der Waals surface area contributed by atoms with Gasteiger partial charge in [-0.15, -0.1) is 0 Å². The molecular formula is C19H28N4O3. The lowest BCUT2D eigenvalue weighted by molar-refractivity contribution is -0.115. The number of hydrogen-bond acceptors (Lipinski definition) is 5. The zero-order chi connectivity index (χ0) is 18.2. The Morgan fingerprint density at radius 1 is 1.23 bits per heavy atom. The van der Waals surface area contributed by atoms with E-state index in [4.69, 9.17) is 9.47 Å². The monoisotopic (exact) mass is 360 g/mol. The molecule has 3 rings (SSSR count). The number of aromatic nitrogens is 1. The first-order chi connectivity index (χ1) is 12.8. The summed E-state index contributed by atoms with van der Waals surface area (Å²) in [6, 6.07) is 8.15. The number of benzene rings is 1. The van der Waals surface area contributed by atoms with Crippen molar-refractivity contribution in [3.05, 3.63) is 30.5 Å². The van der Waals surface area contributed by atoms with Gasteiger partial charge < -0.3 is 24.7 Å². The van der Waals surface area contributed by atoms with Gasteiger partial charge in [0.2, 0.25) is 5.91 Å². The fourth-order valence-electron chi connectivity index (χ4n) is 3.13. The summed E-state index contributed by atoms with van der Waals surface area (Å²) in [6.07, 6.45) is 2.11.